The zero-order valence-electron chi connectivity index (χ0n) is 13.6. The molecule has 5 nitrogen and oxygen atoms in total. The molecule has 7 heteroatoms. The van der Waals surface area contributed by atoms with Crippen molar-refractivity contribution < 1.29 is 13.2 Å². The molecule has 1 aliphatic rings. The molecule has 134 valence electrons. The molecular weight excluding hydrogens is 360 g/mol. The van der Waals surface area contributed by atoms with Crippen LogP contribution in [0.3, 0.4) is 0 Å². The molecule has 25 heavy (non-hydrogen) atoms. The van der Waals surface area contributed by atoms with Crippen molar-refractivity contribution in [2.45, 2.75) is 29.5 Å². The minimum Gasteiger partial charge on any atom is -0.325 e. The molecule has 3 rings (SSSR count). The van der Waals surface area contributed by atoms with E-state index in [2.05, 4.69) is 10.6 Å². The maximum Gasteiger partial charge on any atom is 0.241 e. The van der Waals surface area contributed by atoms with Crippen LogP contribution in [-0.4, -0.2) is 26.9 Å². The van der Waals surface area contributed by atoms with E-state index in [9.17, 15) is 13.2 Å². The third-order valence-electron chi connectivity index (χ3n) is 4.03. The van der Waals surface area contributed by atoms with E-state index < -0.39 is 9.84 Å². The smallest absolute Gasteiger partial charge is 0.241 e. The Hall–Kier alpha value is -1.89. The lowest BCUT2D eigenvalue weighted by atomic mass is 10.2. The van der Waals surface area contributed by atoms with Crippen molar-refractivity contribution in [1.82, 2.24) is 5.32 Å². The van der Waals surface area contributed by atoms with Crippen molar-refractivity contribution in [2.24, 2.45) is 0 Å². The molecule has 0 aromatic heterocycles. The summed E-state index contributed by atoms with van der Waals surface area (Å²) < 4.78 is 24.9. The van der Waals surface area contributed by atoms with Crippen LogP contribution < -0.4 is 10.6 Å². The summed E-state index contributed by atoms with van der Waals surface area (Å²) in [7, 11) is -3.40. The Labute approximate surface area is 154 Å². The zero-order chi connectivity index (χ0) is 17.0. The van der Waals surface area contributed by atoms with Gasteiger partial charge in [0.2, 0.25) is 5.91 Å². The maximum atomic E-state index is 12.4. The predicted octanol–water partition coefficient (Wildman–Crippen LogP) is 2.77. The number of rotatable bonds is 5. The second-order valence-corrected chi connectivity index (χ2v) is 7.90. The first-order valence-corrected chi connectivity index (χ1v) is 9.61. The van der Waals surface area contributed by atoms with Crippen LogP contribution in [0, 0.1) is 0 Å². The highest BCUT2D eigenvalue weighted by Crippen LogP contribution is 2.19. The Morgan fingerprint density at radius 1 is 1.12 bits per heavy atom. The molecular formula is C18H21ClN2O3S. The highest BCUT2D eigenvalue weighted by Gasteiger charge is 2.22. The molecule has 0 spiro atoms. The summed E-state index contributed by atoms with van der Waals surface area (Å²) in [5.74, 6) is -0.168. The summed E-state index contributed by atoms with van der Waals surface area (Å²) in [6, 6.07) is 15.2. The summed E-state index contributed by atoms with van der Waals surface area (Å²) in [6.45, 7) is 0.855. The van der Waals surface area contributed by atoms with Gasteiger partial charge >= 0.3 is 0 Å². The molecule has 1 fully saturated rings. The normalized spacial score (nSPS) is 16.9. The number of carbonyl (C=O) groups is 1. The summed E-state index contributed by atoms with van der Waals surface area (Å²) in [6.07, 6.45) is 1.82. The third kappa shape index (κ3) is 5.04. The largest absolute Gasteiger partial charge is 0.325 e. The van der Waals surface area contributed by atoms with Gasteiger partial charge in [-0.1, -0.05) is 30.3 Å². The summed E-state index contributed by atoms with van der Waals surface area (Å²) >= 11 is 0. The summed E-state index contributed by atoms with van der Waals surface area (Å²) in [5, 5.41) is 6.00. The van der Waals surface area contributed by atoms with Crippen LogP contribution in [0.15, 0.2) is 59.5 Å². The predicted molar refractivity (Wildman–Crippen MR) is 101 cm³/mol. The molecule has 1 amide bonds. The highest BCUT2D eigenvalue weighted by molar-refractivity contribution is 7.90. The van der Waals surface area contributed by atoms with Gasteiger partial charge in [0, 0.05) is 5.69 Å². The topological polar surface area (TPSA) is 75.3 Å². The quantitative estimate of drug-likeness (QED) is 0.836. The van der Waals surface area contributed by atoms with Crippen molar-refractivity contribution in [3.63, 3.8) is 0 Å². The van der Waals surface area contributed by atoms with Crippen molar-refractivity contribution >= 4 is 33.8 Å². The monoisotopic (exact) mass is 380 g/mol. The first-order valence-electron chi connectivity index (χ1n) is 7.96. The Balaban J connectivity index is 0.00000225. The molecule has 1 saturated heterocycles. The van der Waals surface area contributed by atoms with Gasteiger partial charge in [0.05, 0.1) is 16.7 Å². The van der Waals surface area contributed by atoms with E-state index in [4.69, 9.17) is 0 Å². The number of sulfone groups is 1. The molecule has 0 bridgehead atoms. The summed E-state index contributed by atoms with van der Waals surface area (Å²) in [4.78, 5) is 12.4. The van der Waals surface area contributed by atoms with E-state index >= 15 is 0 Å². The van der Waals surface area contributed by atoms with Crippen molar-refractivity contribution in [2.75, 3.05) is 11.9 Å². The molecule has 2 aromatic rings. The molecule has 1 aliphatic heterocycles. The van der Waals surface area contributed by atoms with Gasteiger partial charge in [-0.15, -0.1) is 12.4 Å². The lowest BCUT2D eigenvalue weighted by Crippen LogP contribution is -2.35. The first kappa shape index (κ1) is 19.4. The first-order chi connectivity index (χ1) is 11.5. The molecule has 1 unspecified atom stereocenters. The zero-order valence-corrected chi connectivity index (χ0v) is 15.3. The van der Waals surface area contributed by atoms with Crippen molar-refractivity contribution in [1.29, 1.82) is 0 Å². The number of anilines is 1. The highest BCUT2D eigenvalue weighted by atomic mass is 35.5. The molecule has 1 heterocycles. The minimum atomic E-state index is -3.40. The van der Waals surface area contributed by atoms with Crippen LogP contribution >= 0.6 is 12.4 Å². The van der Waals surface area contributed by atoms with Gasteiger partial charge in [0.15, 0.2) is 9.84 Å². The van der Waals surface area contributed by atoms with Crippen LogP contribution in [0.2, 0.25) is 0 Å². The van der Waals surface area contributed by atoms with Gasteiger partial charge in [-0.2, -0.15) is 0 Å². The Morgan fingerprint density at radius 3 is 2.56 bits per heavy atom. The second kappa shape index (κ2) is 8.47. The lowest BCUT2D eigenvalue weighted by molar-refractivity contribution is -0.117. The average molecular weight is 381 g/mol. The molecule has 0 aliphatic carbocycles. The van der Waals surface area contributed by atoms with E-state index in [-0.39, 0.29) is 30.1 Å². The van der Waals surface area contributed by atoms with Crippen LogP contribution in [0.5, 0.6) is 0 Å². The van der Waals surface area contributed by atoms with E-state index in [1.807, 2.05) is 0 Å². The molecule has 0 radical (unpaired) electrons. The van der Waals surface area contributed by atoms with E-state index in [1.54, 1.807) is 54.6 Å². The van der Waals surface area contributed by atoms with Crippen molar-refractivity contribution in [3.05, 3.63) is 60.2 Å². The van der Waals surface area contributed by atoms with Gasteiger partial charge in [-0.05, 0) is 49.2 Å². The van der Waals surface area contributed by atoms with Crippen LogP contribution in [0.1, 0.15) is 18.4 Å². The number of carbonyl (C=O) groups excluding carboxylic acids is 1. The number of halogens is 1. The molecule has 2 aromatic carbocycles. The van der Waals surface area contributed by atoms with Gasteiger partial charge in [-0.25, -0.2) is 8.42 Å². The van der Waals surface area contributed by atoms with E-state index in [0.717, 1.165) is 19.4 Å². The van der Waals surface area contributed by atoms with Crippen LogP contribution in [-0.2, 0) is 20.4 Å². The fourth-order valence-electron chi connectivity index (χ4n) is 2.81. The lowest BCUT2D eigenvalue weighted by Gasteiger charge is -2.12. The number of hydrogen-bond donors (Lipinski definition) is 2. The summed E-state index contributed by atoms with van der Waals surface area (Å²) in [5.41, 5.74) is 1.27. The van der Waals surface area contributed by atoms with Crippen LogP contribution in [0.25, 0.3) is 0 Å². The SMILES string of the molecule is Cl.O=C(Nc1cccc(CS(=O)(=O)c2ccccc2)c1)C1CCCN1. The second-order valence-electron chi connectivity index (χ2n) is 5.91. The fourth-order valence-corrected chi connectivity index (χ4v) is 4.16. The van der Waals surface area contributed by atoms with Crippen molar-refractivity contribution in [3.8, 4) is 0 Å². The van der Waals surface area contributed by atoms with E-state index in [1.165, 1.54) is 0 Å². The molecule has 1 atom stereocenters. The number of nitrogens with one attached hydrogen (secondary N) is 2. The fraction of sp³-hybridized carbons (Fsp3) is 0.278. The van der Waals surface area contributed by atoms with Crippen LogP contribution in [0.4, 0.5) is 5.69 Å². The minimum absolute atomic E-state index is 0. The van der Waals surface area contributed by atoms with Gasteiger partial charge in [0.1, 0.15) is 0 Å². The van der Waals surface area contributed by atoms with Gasteiger partial charge in [0.25, 0.3) is 0 Å². The Morgan fingerprint density at radius 2 is 1.88 bits per heavy atom. The van der Waals surface area contributed by atoms with Gasteiger partial charge < -0.3 is 10.6 Å². The average Bonchev–Trinajstić information content (AvgIpc) is 3.10. The maximum absolute atomic E-state index is 12.4. The van der Waals surface area contributed by atoms with Gasteiger partial charge in [-0.3, -0.25) is 4.79 Å². The molecule has 0 saturated carbocycles. The standard InChI is InChI=1S/C18H20N2O3S.ClH/c21-18(17-10-5-11-19-17)20-15-7-4-6-14(12-15)13-24(22,23)16-8-2-1-3-9-16;/h1-4,6-9,12,17,19H,5,10-11,13H2,(H,20,21);1H. The molecule has 2 N–H and O–H groups in total. The third-order valence-corrected chi connectivity index (χ3v) is 5.73. The van der Waals surface area contributed by atoms with E-state index in [0.29, 0.717) is 16.1 Å². The number of benzene rings is 2. The Kier molecular flexibility index (Phi) is 6.58. The Bertz CT molecular complexity index is 819. The number of hydrogen-bond acceptors (Lipinski definition) is 4. The number of amides is 1.